The Morgan fingerprint density at radius 1 is 1.04 bits per heavy atom. The lowest BCUT2D eigenvalue weighted by Gasteiger charge is -2.36. The summed E-state index contributed by atoms with van der Waals surface area (Å²) in [5.41, 5.74) is -0.345. The lowest BCUT2D eigenvalue weighted by atomic mass is 9.76. The van der Waals surface area contributed by atoms with Gasteiger partial charge in [-0.25, -0.2) is 9.37 Å². The number of benzene rings is 1. The normalized spacial score (nSPS) is 18.0. The maximum Gasteiger partial charge on any atom is 0.331 e. The molecular weight excluding hydrogens is 627 g/mol. The quantitative estimate of drug-likeness (QED) is 0.311. The average Bonchev–Trinajstić information content (AvgIpc) is 3.10. The third-order valence-corrected chi connectivity index (χ3v) is 9.61. The molecule has 3 amide bonds. The predicted octanol–water partition coefficient (Wildman–Crippen LogP) is 4.89. The topological polar surface area (TPSA) is 121 Å². The summed E-state index contributed by atoms with van der Waals surface area (Å²) in [6.45, 7) is 5.81. The fourth-order valence-electron chi connectivity index (χ4n) is 6.42. The number of likely N-dealkylation sites (N-methyl/N-ethyl adjacent to an activating group) is 1. The van der Waals surface area contributed by atoms with Crippen molar-refractivity contribution < 1.29 is 37.1 Å². The number of halogens is 3. The molecule has 2 N–H and O–H groups in total. The molecule has 2 aliphatic rings. The Morgan fingerprint density at radius 2 is 1.73 bits per heavy atom. The highest BCUT2D eigenvalue weighted by Gasteiger charge is 2.44. The molecule has 262 valence electrons. The van der Waals surface area contributed by atoms with Gasteiger partial charge in [-0.1, -0.05) is 39.2 Å². The molecule has 4 rings (SSSR count). The number of anilines is 1. The Labute approximate surface area is 279 Å². The maximum absolute atomic E-state index is 15.6. The summed E-state index contributed by atoms with van der Waals surface area (Å²) in [7, 11) is 3.31. The number of methoxy groups -OCH3 is 1. The van der Waals surface area contributed by atoms with E-state index in [4.69, 9.17) is 4.74 Å². The Balaban J connectivity index is 1.52. The summed E-state index contributed by atoms with van der Waals surface area (Å²) < 4.78 is 51.0. The van der Waals surface area contributed by atoms with E-state index >= 15 is 13.2 Å². The number of ether oxygens (including phenoxy) is 1. The second kappa shape index (κ2) is 16.4. The first-order valence-corrected chi connectivity index (χ1v) is 16.6. The molecule has 0 spiro atoms. The molecule has 3 atom stereocenters. The van der Waals surface area contributed by atoms with Gasteiger partial charge in [0.25, 0.3) is 0 Å². The van der Waals surface area contributed by atoms with E-state index in [1.165, 1.54) is 25.3 Å². The number of ketones is 1. The van der Waals surface area contributed by atoms with Gasteiger partial charge in [0, 0.05) is 68.7 Å². The fourth-order valence-corrected chi connectivity index (χ4v) is 6.42. The van der Waals surface area contributed by atoms with Crippen LogP contribution < -0.4 is 15.4 Å². The molecule has 1 aromatic carbocycles. The van der Waals surface area contributed by atoms with E-state index in [0.717, 1.165) is 31.5 Å². The minimum absolute atomic E-state index is 0.117. The largest absolute Gasteiger partial charge is 0.481 e. The second-order valence-electron chi connectivity index (χ2n) is 12.8. The number of amides is 3. The lowest BCUT2D eigenvalue weighted by molar-refractivity contribution is -0.147. The molecule has 2 fully saturated rings. The number of hydrogen-bond donors (Lipinski definition) is 2. The predicted molar refractivity (Wildman–Crippen MR) is 174 cm³/mol. The summed E-state index contributed by atoms with van der Waals surface area (Å²) in [6.07, 6.45) is 4.04. The minimum atomic E-state index is -3.89. The van der Waals surface area contributed by atoms with E-state index in [9.17, 15) is 19.2 Å². The summed E-state index contributed by atoms with van der Waals surface area (Å²) in [5.74, 6) is -9.27. The van der Waals surface area contributed by atoms with Crippen molar-refractivity contribution in [3.05, 3.63) is 53.5 Å². The van der Waals surface area contributed by atoms with Crippen LogP contribution in [0.1, 0.15) is 75.8 Å². The first kappa shape index (κ1) is 36.8. The zero-order chi connectivity index (χ0) is 35.0. The van der Waals surface area contributed by atoms with Gasteiger partial charge in [0.05, 0.1) is 12.8 Å². The number of aromatic nitrogens is 1. The Bertz CT molecular complexity index is 1440. The van der Waals surface area contributed by atoms with Crippen LogP contribution in [0, 0.1) is 17.7 Å². The van der Waals surface area contributed by atoms with Crippen LogP contribution in [0.3, 0.4) is 0 Å². The number of nitrogens with zero attached hydrogens (tertiary/aromatic N) is 3. The zero-order valence-electron chi connectivity index (χ0n) is 28.1. The first-order valence-electron chi connectivity index (χ1n) is 16.6. The third kappa shape index (κ3) is 8.91. The second-order valence-corrected chi connectivity index (χ2v) is 12.8. The van der Waals surface area contributed by atoms with Crippen LogP contribution in [0.15, 0.2) is 36.5 Å². The molecule has 1 aliphatic carbocycles. The molecular formula is C35H46F3N5O5. The van der Waals surface area contributed by atoms with E-state index < -0.39 is 53.3 Å². The molecule has 2 heterocycles. The number of rotatable bonds is 13. The van der Waals surface area contributed by atoms with E-state index in [1.807, 2.05) is 7.05 Å². The molecule has 0 bridgehead atoms. The molecule has 1 aromatic heterocycles. The van der Waals surface area contributed by atoms with Crippen LogP contribution in [0.5, 0.6) is 5.88 Å². The SMILES string of the molecule is CCC(=O)N[C@@H](C(=O)N1CCN(C)CC1)[C@@H](C)c1ccc(NC(=O)[C@@H](CC(=O)C(F)(F)c2ccc(OC)nc2)C2CCCCC2)c(F)c1. The van der Waals surface area contributed by atoms with Gasteiger partial charge in [-0.05, 0) is 49.6 Å². The van der Waals surface area contributed by atoms with Crippen LogP contribution in [0.25, 0.3) is 0 Å². The number of piperazine rings is 1. The number of hydrogen-bond acceptors (Lipinski definition) is 7. The molecule has 1 aliphatic heterocycles. The zero-order valence-corrected chi connectivity index (χ0v) is 28.1. The van der Waals surface area contributed by atoms with E-state index in [0.29, 0.717) is 44.6 Å². The highest BCUT2D eigenvalue weighted by molar-refractivity contribution is 5.97. The van der Waals surface area contributed by atoms with Crippen LogP contribution >= 0.6 is 0 Å². The van der Waals surface area contributed by atoms with Gasteiger partial charge >= 0.3 is 5.92 Å². The van der Waals surface area contributed by atoms with Crippen molar-refractivity contribution >= 4 is 29.2 Å². The number of nitrogens with one attached hydrogen (secondary N) is 2. The van der Waals surface area contributed by atoms with Crippen molar-refractivity contribution in [2.45, 2.75) is 76.7 Å². The monoisotopic (exact) mass is 673 g/mol. The van der Waals surface area contributed by atoms with Crippen molar-refractivity contribution in [1.82, 2.24) is 20.1 Å². The van der Waals surface area contributed by atoms with Crippen molar-refractivity contribution in [3.8, 4) is 5.88 Å². The number of carbonyl (C=O) groups is 4. The molecule has 0 radical (unpaired) electrons. The number of Topliss-reactive ketones (excluding diaryl/α,β-unsaturated/α-hetero) is 1. The third-order valence-electron chi connectivity index (χ3n) is 9.61. The number of pyridine rings is 1. The smallest absolute Gasteiger partial charge is 0.331 e. The Morgan fingerprint density at radius 3 is 2.31 bits per heavy atom. The van der Waals surface area contributed by atoms with Crippen molar-refractivity contribution in [3.63, 3.8) is 0 Å². The summed E-state index contributed by atoms with van der Waals surface area (Å²) in [5, 5.41) is 5.34. The van der Waals surface area contributed by atoms with E-state index in [2.05, 4.69) is 20.5 Å². The van der Waals surface area contributed by atoms with E-state index in [1.54, 1.807) is 24.8 Å². The Kier molecular flexibility index (Phi) is 12.6. The number of alkyl halides is 2. The fraction of sp³-hybridized carbons (Fsp3) is 0.571. The molecule has 48 heavy (non-hydrogen) atoms. The summed E-state index contributed by atoms with van der Waals surface area (Å²) in [6, 6.07) is 5.50. The number of carbonyl (C=O) groups excluding carboxylic acids is 4. The van der Waals surface area contributed by atoms with Gasteiger partial charge in [0.2, 0.25) is 29.4 Å². The lowest BCUT2D eigenvalue weighted by Crippen LogP contribution is -2.55. The molecule has 0 unspecified atom stereocenters. The van der Waals surface area contributed by atoms with Crippen LogP contribution in [-0.2, 0) is 25.1 Å². The van der Waals surface area contributed by atoms with Gasteiger partial charge in [-0.15, -0.1) is 0 Å². The molecule has 1 saturated carbocycles. The van der Waals surface area contributed by atoms with Gasteiger partial charge in [-0.2, -0.15) is 8.78 Å². The summed E-state index contributed by atoms with van der Waals surface area (Å²) >= 11 is 0. The van der Waals surface area contributed by atoms with Crippen molar-refractivity contribution in [2.75, 3.05) is 45.7 Å². The highest BCUT2D eigenvalue weighted by Crippen LogP contribution is 2.37. The molecule has 13 heteroatoms. The molecule has 10 nitrogen and oxygen atoms in total. The highest BCUT2D eigenvalue weighted by atomic mass is 19.3. The van der Waals surface area contributed by atoms with Gasteiger partial charge in [-0.3, -0.25) is 19.2 Å². The van der Waals surface area contributed by atoms with E-state index in [-0.39, 0.29) is 35.7 Å². The molecule has 1 saturated heterocycles. The average molecular weight is 674 g/mol. The minimum Gasteiger partial charge on any atom is -0.481 e. The summed E-state index contributed by atoms with van der Waals surface area (Å²) in [4.78, 5) is 60.1. The van der Waals surface area contributed by atoms with Crippen molar-refractivity contribution in [1.29, 1.82) is 0 Å². The van der Waals surface area contributed by atoms with Gasteiger partial charge in [0.15, 0.2) is 0 Å². The van der Waals surface area contributed by atoms with Gasteiger partial charge in [0.1, 0.15) is 11.9 Å². The molecule has 2 aromatic rings. The first-order chi connectivity index (χ1) is 22.8. The Hall–Kier alpha value is -4.00. The maximum atomic E-state index is 15.6. The van der Waals surface area contributed by atoms with Crippen LogP contribution in [-0.4, -0.2) is 84.7 Å². The van der Waals surface area contributed by atoms with Crippen LogP contribution in [0.4, 0.5) is 18.9 Å². The van der Waals surface area contributed by atoms with Crippen molar-refractivity contribution in [2.24, 2.45) is 11.8 Å². The van der Waals surface area contributed by atoms with Gasteiger partial charge < -0.3 is 25.2 Å². The van der Waals surface area contributed by atoms with Crippen LogP contribution in [0.2, 0.25) is 0 Å². The standard InChI is InChI=1S/C35H46F3N5O5/c1-5-30(45)41-32(34(47)43-17-15-42(3)16-18-43)22(2)24-11-13-28(27(36)19-24)40-33(46)26(23-9-7-6-8-10-23)20-29(44)35(37,38)25-12-14-31(48-4)39-21-25/h11-14,19,21-23,26,32H,5-10,15-18,20H2,1-4H3,(H,40,46)(H,41,45)/t22-,26-,32+/m0/s1.